The molecule has 0 heterocycles. The van der Waals surface area contributed by atoms with Crippen LogP contribution in [0, 0.1) is 17.8 Å². The lowest BCUT2D eigenvalue weighted by Crippen LogP contribution is -2.40. The molecular formula is C16H33N. The molecule has 0 aromatic carbocycles. The Labute approximate surface area is 109 Å². The van der Waals surface area contributed by atoms with Gasteiger partial charge >= 0.3 is 0 Å². The molecule has 0 amide bonds. The fourth-order valence-corrected chi connectivity index (χ4v) is 3.71. The molecule has 102 valence electrons. The van der Waals surface area contributed by atoms with Crippen LogP contribution in [0.25, 0.3) is 0 Å². The van der Waals surface area contributed by atoms with E-state index < -0.39 is 0 Å². The van der Waals surface area contributed by atoms with Crippen molar-refractivity contribution in [1.29, 1.82) is 0 Å². The highest BCUT2D eigenvalue weighted by atomic mass is 14.7. The second-order valence-electron chi connectivity index (χ2n) is 6.12. The molecule has 0 aliphatic heterocycles. The van der Waals surface area contributed by atoms with Gasteiger partial charge in [0.15, 0.2) is 0 Å². The first-order valence-electron chi connectivity index (χ1n) is 7.98. The van der Waals surface area contributed by atoms with Crippen LogP contribution >= 0.6 is 0 Å². The summed E-state index contributed by atoms with van der Waals surface area (Å²) in [5, 5.41) is 0. The molecule has 2 N–H and O–H groups in total. The molecule has 3 unspecified atom stereocenters. The molecule has 1 saturated carbocycles. The number of hydrogen-bond donors (Lipinski definition) is 1. The summed E-state index contributed by atoms with van der Waals surface area (Å²) in [7, 11) is 0. The Balaban J connectivity index is 2.49. The van der Waals surface area contributed by atoms with Crippen LogP contribution in [0.4, 0.5) is 0 Å². The zero-order chi connectivity index (χ0) is 12.7. The molecule has 3 atom stereocenters. The average molecular weight is 239 g/mol. The summed E-state index contributed by atoms with van der Waals surface area (Å²) in [6.07, 6.45) is 12.3. The first kappa shape index (κ1) is 15.0. The van der Waals surface area contributed by atoms with E-state index >= 15 is 0 Å². The summed E-state index contributed by atoms with van der Waals surface area (Å²) in [6, 6.07) is 0.476. The van der Waals surface area contributed by atoms with E-state index in [1.54, 1.807) is 0 Å². The molecule has 0 bridgehead atoms. The molecule has 0 aromatic heterocycles. The van der Waals surface area contributed by atoms with E-state index in [9.17, 15) is 0 Å². The van der Waals surface area contributed by atoms with Gasteiger partial charge in [-0.2, -0.15) is 0 Å². The first-order chi connectivity index (χ1) is 8.22. The SMILES string of the molecule is CCCC(CCC)C(N)C1CCCC(CC)C1. The Morgan fingerprint density at radius 1 is 1.06 bits per heavy atom. The molecule has 1 fully saturated rings. The quantitative estimate of drug-likeness (QED) is 0.682. The second kappa shape index (κ2) is 8.13. The summed E-state index contributed by atoms with van der Waals surface area (Å²) in [5.41, 5.74) is 6.58. The van der Waals surface area contributed by atoms with Crippen LogP contribution in [0.5, 0.6) is 0 Å². The van der Waals surface area contributed by atoms with Crippen LogP contribution in [-0.2, 0) is 0 Å². The Hall–Kier alpha value is -0.0400. The largest absolute Gasteiger partial charge is 0.327 e. The molecule has 1 nitrogen and oxygen atoms in total. The van der Waals surface area contributed by atoms with Gasteiger partial charge < -0.3 is 5.73 Å². The van der Waals surface area contributed by atoms with Gasteiger partial charge in [-0.25, -0.2) is 0 Å². The van der Waals surface area contributed by atoms with Crippen molar-refractivity contribution in [3.63, 3.8) is 0 Å². The van der Waals surface area contributed by atoms with Crippen LogP contribution in [-0.4, -0.2) is 6.04 Å². The van der Waals surface area contributed by atoms with E-state index in [4.69, 9.17) is 5.73 Å². The van der Waals surface area contributed by atoms with Crippen molar-refractivity contribution in [3.8, 4) is 0 Å². The van der Waals surface area contributed by atoms with Gasteiger partial charge in [-0.05, 0) is 43.4 Å². The van der Waals surface area contributed by atoms with Crippen molar-refractivity contribution in [2.45, 2.75) is 84.6 Å². The van der Waals surface area contributed by atoms with Crippen LogP contribution in [0.15, 0.2) is 0 Å². The summed E-state index contributed by atoms with van der Waals surface area (Å²) in [4.78, 5) is 0. The highest BCUT2D eigenvalue weighted by molar-refractivity contribution is 4.84. The summed E-state index contributed by atoms with van der Waals surface area (Å²) < 4.78 is 0. The number of hydrogen-bond acceptors (Lipinski definition) is 1. The van der Waals surface area contributed by atoms with E-state index in [2.05, 4.69) is 20.8 Å². The third kappa shape index (κ3) is 4.62. The minimum Gasteiger partial charge on any atom is -0.327 e. The molecule has 1 aliphatic carbocycles. The Morgan fingerprint density at radius 3 is 2.24 bits per heavy atom. The minimum absolute atomic E-state index is 0.476. The lowest BCUT2D eigenvalue weighted by molar-refractivity contribution is 0.182. The van der Waals surface area contributed by atoms with Gasteiger partial charge in [0, 0.05) is 6.04 Å². The molecule has 1 heteroatoms. The van der Waals surface area contributed by atoms with E-state index in [0.717, 1.165) is 17.8 Å². The topological polar surface area (TPSA) is 26.0 Å². The maximum atomic E-state index is 6.58. The lowest BCUT2D eigenvalue weighted by atomic mass is 9.72. The third-order valence-corrected chi connectivity index (χ3v) is 4.81. The summed E-state index contributed by atoms with van der Waals surface area (Å²) in [5.74, 6) is 2.56. The third-order valence-electron chi connectivity index (χ3n) is 4.81. The highest BCUT2D eigenvalue weighted by Crippen LogP contribution is 2.35. The van der Waals surface area contributed by atoms with Gasteiger partial charge in [0.05, 0.1) is 0 Å². The van der Waals surface area contributed by atoms with Crippen molar-refractivity contribution in [1.82, 2.24) is 0 Å². The van der Waals surface area contributed by atoms with Gasteiger partial charge in [-0.3, -0.25) is 0 Å². The van der Waals surface area contributed by atoms with E-state index in [-0.39, 0.29) is 0 Å². The van der Waals surface area contributed by atoms with Crippen molar-refractivity contribution in [3.05, 3.63) is 0 Å². The maximum absolute atomic E-state index is 6.58. The maximum Gasteiger partial charge on any atom is 0.00957 e. The summed E-state index contributed by atoms with van der Waals surface area (Å²) >= 11 is 0. The number of rotatable bonds is 7. The molecule has 0 aromatic rings. The average Bonchev–Trinajstić information content (AvgIpc) is 2.38. The van der Waals surface area contributed by atoms with E-state index in [0.29, 0.717) is 6.04 Å². The Kier molecular flexibility index (Phi) is 7.18. The van der Waals surface area contributed by atoms with Crippen LogP contribution in [0.2, 0.25) is 0 Å². The predicted octanol–water partition coefficient (Wildman–Crippen LogP) is 4.75. The smallest absolute Gasteiger partial charge is 0.00957 e. The summed E-state index contributed by atoms with van der Waals surface area (Å²) in [6.45, 7) is 6.93. The van der Waals surface area contributed by atoms with Gasteiger partial charge in [0.2, 0.25) is 0 Å². The Morgan fingerprint density at radius 2 is 1.71 bits per heavy atom. The Bertz CT molecular complexity index is 184. The van der Waals surface area contributed by atoms with Crippen LogP contribution < -0.4 is 5.73 Å². The zero-order valence-corrected chi connectivity index (χ0v) is 12.3. The predicted molar refractivity (Wildman–Crippen MR) is 77.0 cm³/mol. The molecule has 17 heavy (non-hydrogen) atoms. The van der Waals surface area contributed by atoms with Crippen molar-refractivity contribution in [2.75, 3.05) is 0 Å². The van der Waals surface area contributed by atoms with Gasteiger partial charge in [0.25, 0.3) is 0 Å². The molecule has 0 spiro atoms. The molecule has 0 saturated heterocycles. The standard InChI is InChI=1S/C16H33N/c1-4-8-14(9-5-2)16(17)15-11-7-10-13(6-3)12-15/h13-16H,4-12,17H2,1-3H3. The normalized spacial score (nSPS) is 27.4. The number of nitrogens with two attached hydrogens (primary N) is 1. The van der Waals surface area contributed by atoms with E-state index in [1.807, 2.05) is 0 Å². The van der Waals surface area contributed by atoms with Crippen LogP contribution in [0.3, 0.4) is 0 Å². The molecule has 1 aliphatic rings. The molecular weight excluding hydrogens is 206 g/mol. The lowest BCUT2D eigenvalue weighted by Gasteiger charge is -2.36. The fraction of sp³-hybridized carbons (Fsp3) is 1.00. The van der Waals surface area contributed by atoms with E-state index in [1.165, 1.54) is 57.8 Å². The highest BCUT2D eigenvalue weighted by Gasteiger charge is 2.29. The van der Waals surface area contributed by atoms with Gasteiger partial charge in [0.1, 0.15) is 0 Å². The fourth-order valence-electron chi connectivity index (χ4n) is 3.71. The minimum atomic E-state index is 0.476. The first-order valence-corrected chi connectivity index (χ1v) is 7.98. The zero-order valence-electron chi connectivity index (χ0n) is 12.3. The second-order valence-corrected chi connectivity index (χ2v) is 6.12. The van der Waals surface area contributed by atoms with Crippen molar-refractivity contribution < 1.29 is 0 Å². The molecule has 1 rings (SSSR count). The van der Waals surface area contributed by atoms with Gasteiger partial charge in [-0.15, -0.1) is 0 Å². The van der Waals surface area contributed by atoms with Gasteiger partial charge in [-0.1, -0.05) is 52.9 Å². The van der Waals surface area contributed by atoms with Crippen molar-refractivity contribution >= 4 is 0 Å². The monoisotopic (exact) mass is 239 g/mol. The van der Waals surface area contributed by atoms with Crippen LogP contribution in [0.1, 0.15) is 78.6 Å². The van der Waals surface area contributed by atoms with Crippen molar-refractivity contribution in [2.24, 2.45) is 23.5 Å². The molecule has 0 radical (unpaired) electrons.